The molecule has 2 aliphatic rings. The van der Waals surface area contributed by atoms with E-state index in [1.54, 1.807) is 38.4 Å². The molecule has 28 heavy (non-hydrogen) atoms. The van der Waals surface area contributed by atoms with Gasteiger partial charge in [0.25, 0.3) is 5.91 Å². The third kappa shape index (κ3) is 3.46. The first-order valence-corrected chi connectivity index (χ1v) is 9.63. The molecule has 2 bridgehead atoms. The number of carbonyl (C=O) groups is 2. The molecule has 0 radical (unpaired) electrons. The monoisotopic (exact) mass is 380 g/mol. The third-order valence-corrected chi connectivity index (χ3v) is 5.96. The van der Waals surface area contributed by atoms with Crippen molar-refractivity contribution in [1.29, 1.82) is 0 Å². The van der Waals surface area contributed by atoms with Crippen LogP contribution in [0.5, 0.6) is 0 Å². The van der Waals surface area contributed by atoms with E-state index in [9.17, 15) is 9.59 Å². The van der Waals surface area contributed by atoms with E-state index in [4.69, 9.17) is 0 Å². The van der Waals surface area contributed by atoms with Crippen LogP contribution in [0.1, 0.15) is 60.7 Å². The highest BCUT2D eigenvalue weighted by atomic mass is 16.2. The summed E-state index contributed by atoms with van der Waals surface area (Å²) in [4.78, 5) is 42.4. The molecule has 2 N–H and O–H groups in total. The van der Waals surface area contributed by atoms with Gasteiger partial charge in [-0.1, -0.05) is 6.42 Å². The smallest absolute Gasteiger partial charge is 0.270 e. The average Bonchev–Trinajstić information content (AvgIpc) is 2.93. The van der Waals surface area contributed by atoms with Crippen molar-refractivity contribution in [2.24, 2.45) is 5.41 Å². The van der Waals surface area contributed by atoms with Crippen LogP contribution in [0.3, 0.4) is 0 Å². The van der Waals surface area contributed by atoms with Gasteiger partial charge < -0.3 is 10.6 Å². The predicted octanol–water partition coefficient (Wildman–Crippen LogP) is 2.34. The maximum Gasteiger partial charge on any atom is 0.270 e. The molecule has 2 atom stereocenters. The van der Waals surface area contributed by atoms with Crippen LogP contribution in [0.25, 0.3) is 0 Å². The molecule has 8 heteroatoms. The normalized spacial score (nSPS) is 25.9. The van der Waals surface area contributed by atoms with Gasteiger partial charge in [0, 0.05) is 17.9 Å². The van der Waals surface area contributed by atoms with Crippen molar-refractivity contribution in [2.45, 2.75) is 57.9 Å². The molecule has 0 saturated heterocycles. The molecule has 146 valence electrons. The van der Waals surface area contributed by atoms with E-state index in [-0.39, 0.29) is 17.4 Å². The molecule has 2 heterocycles. The number of aryl methyl sites for hydroxylation is 2. The van der Waals surface area contributed by atoms with Gasteiger partial charge in [-0.3, -0.25) is 9.59 Å². The van der Waals surface area contributed by atoms with Crippen LogP contribution in [-0.2, 0) is 4.79 Å². The van der Waals surface area contributed by atoms with E-state index in [1.807, 2.05) is 0 Å². The number of amides is 2. The molecular formula is C20H24N6O2. The summed E-state index contributed by atoms with van der Waals surface area (Å²) in [6.45, 7) is 3.55. The standard InChI is InChI=1S/C20H24N6O2/c1-13-21-10-4-15(23-13)17(27)26-20-7-3-6-19(12-20,8-9-20)18(28)25-16-5-11-22-14(2)24-16/h4-5,10-11H,3,6-9,12H2,1-2H3,(H,26,27)(H,22,24,25,28). The minimum absolute atomic E-state index is 0.0145. The van der Waals surface area contributed by atoms with E-state index in [1.165, 1.54) is 0 Å². The molecule has 8 nitrogen and oxygen atoms in total. The number of nitrogens with zero attached hydrogens (tertiary/aromatic N) is 4. The lowest BCUT2D eigenvalue weighted by Gasteiger charge is -2.39. The van der Waals surface area contributed by atoms with Gasteiger partial charge in [-0.25, -0.2) is 19.9 Å². The lowest BCUT2D eigenvalue weighted by Crippen LogP contribution is -2.51. The fraction of sp³-hybridized carbons (Fsp3) is 0.500. The number of nitrogens with one attached hydrogen (secondary N) is 2. The Labute approximate surface area is 163 Å². The molecule has 4 rings (SSSR count). The molecular weight excluding hydrogens is 356 g/mol. The summed E-state index contributed by atoms with van der Waals surface area (Å²) in [6, 6.07) is 3.32. The number of hydrogen-bond acceptors (Lipinski definition) is 6. The van der Waals surface area contributed by atoms with Gasteiger partial charge in [0.2, 0.25) is 5.91 Å². The molecule has 0 spiro atoms. The first-order chi connectivity index (χ1) is 13.4. The van der Waals surface area contributed by atoms with Gasteiger partial charge in [-0.15, -0.1) is 0 Å². The summed E-state index contributed by atoms with van der Waals surface area (Å²) >= 11 is 0. The molecule has 2 aliphatic carbocycles. The minimum Gasteiger partial charge on any atom is -0.345 e. The zero-order valence-electron chi connectivity index (χ0n) is 16.2. The molecule has 0 aliphatic heterocycles. The van der Waals surface area contributed by atoms with Crippen molar-refractivity contribution in [3.05, 3.63) is 41.9 Å². The number of anilines is 1. The summed E-state index contributed by atoms with van der Waals surface area (Å²) in [6.07, 6.45) is 8.03. The predicted molar refractivity (Wildman–Crippen MR) is 102 cm³/mol. The quantitative estimate of drug-likeness (QED) is 0.842. The van der Waals surface area contributed by atoms with E-state index < -0.39 is 5.41 Å². The lowest BCUT2D eigenvalue weighted by molar-refractivity contribution is -0.126. The zero-order chi connectivity index (χ0) is 19.8. The van der Waals surface area contributed by atoms with Crippen LogP contribution in [0, 0.1) is 19.3 Å². The minimum atomic E-state index is -0.466. The third-order valence-electron chi connectivity index (χ3n) is 5.96. The van der Waals surface area contributed by atoms with Gasteiger partial charge in [0.15, 0.2) is 0 Å². The number of rotatable bonds is 4. The van der Waals surface area contributed by atoms with Crippen LogP contribution in [0.4, 0.5) is 5.82 Å². The molecule has 2 unspecified atom stereocenters. The van der Waals surface area contributed by atoms with Gasteiger partial charge in [-0.2, -0.15) is 0 Å². The highest BCUT2D eigenvalue weighted by Crippen LogP contribution is 2.54. The Hall–Kier alpha value is -2.90. The van der Waals surface area contributed by atoms with Crippen molar-refractivity contribution in [3.8, 4) is 0 Å². The Morgan fingerprint density at radius 2 is 1.71 bits per heavy atom. The Morgan fingerprint density at radius 1 is 0.964 bits per heavy atom. The van der Waals surface area contributed by atoms with Crippen LogP contribution in [0.15, 0.2) is 24.5 Å². The molecule has 2 fully saturated rings. The van der Waals surface area contributed by atoms with Crippen molar-refractivity contribution < 1.29 is 9.59 Å². The number of aromatic nitrogens is 4. The first kappa shape index (κ1) is 18.5. The van der Waals surface area contributed by atoms with Crippen LogP contribution >= 0.6 is 0 Å². The van der Waals surface area contributed by atoms with E-state index >= 15 is 0 Å². The Bertz CT molecular complexity index is 932. The maximum absolute atomic E-state index is 13.1. The number of hydrogen-bond donors (Lipinski definition) is 2. The van der Waals surface area contributed by atoms with Crippen molar-refractivity contribution in [1.82, 2.24) is 25.3 Å². The van der Waals surface area contributed by atoms with E-state index in [0.717, 1.165) is 32.1 Å². The highest BCUT2D eigenvalue weighted by molar-refractivity contribution is 5.96. The fourth-order valence-corrected chi connectivity index (χ4v) is 4.63. The largest absolute Gasteiger partial charge is 0.345 e. The SMILES string of the molecule is Cc1nccc(NC(=O)C23CCCC(NC(=O)c4ccnc(C)n4)(CC2)C3)n1. The summed E-state index contributed by atoms with van der Waals surface area (Å²) in [7, 11) is 0. The molecule has 0 aromatic carbocycles. The van der Waals surface area contributed by atoms with Gasteiger partial charge in [-0.05, 0) is 58.1 Å². The molecule has 2 aromatic heterocycles. The maximum atomic E-state index is 13.1. The molecule has 2 amide bonds. The second-order valence-electron chi connectivity index (χ2n) is 7.98. The fourth-order valence-electron chi connectivity index (χ4n) is 4.63. The second kappa shape index (κ2) is 6.92. The summed E-state index contributed by atoms with van der Waals surface area (Å²) in [5, 5.41) is 6.14. The highest BCUT2D eigenvalue weighted by Gasteiger charge is 2.55. The Morgan fingerprint density at radius 3 is 2.46 bits per heavy atom. The average molecular weight is 380 g/mol. The van der Waals surface area contributed by atoms with E-state index in [2.05, 4.69) is 30.6 Å². The van der Waals surface area contributed by atoms with Crippen molar-refractivity contribution in [2.75, 3.05) is 5.32 Å². The molecule has 2 saturated carbocycles. The van der Waals surface area contributed by atoms with Crippen LogP contribution in [0.2, 0.25) is 0 Å². The van der Waals surface area contributed by atoms with Crippen LogP contribution < -0.4 is 10.6 Å². The number of carbonyl (C=O) groups excluding carboxylic acids is 2. The Kier molecular flexibility index (Phi) is 4.56. The van der Waals surface area contributed by atoms with Gasteiger partial charge >= 0.3 is 0 Å². The lowest BCUT2D eigenvalue weighted by atomic mass is 9.72. The van der Waals surface area contributed by atoms with Crippen molar-refractivity contribution in [3.63, 3.8) is 0 Å². The van der Waals surface area contributed by atoms with Crippen molar-refractivity contribution >= 4 is 17.6 Å². The summed E-state index contributed by atoms with van der Waals surface area (Å²) in [5.74, 6) is 1.49. The van der Waals surface area contributed by atoms with Crippen LogP contribution in [-0.4, -0.2) is 37.3 Å². The summed E-state index contributed by atoms with van der Waals surface area (Å²) < 4.78 is 0. The zero-order valence-corrected chi connectivity index (χ0v) is 16.2. The molecule has 2 aromatic rings. The Balaban J connectivity index is 1.49. The van der Waals surface area contributed by atoms with Gasteiger partial charge in [0.05, 0.1) is 5.41 Å². The second-order valence-corrected chi connectivity index (χ2v) is 7.98. The van der Waals surface area contributed by atoms with E-state index in [0.29, 0.717) is 29.6 Å². The number of fused-ring (bicyclic) bond motifs is 2. The topological polar surface area (TPSA) is 110 Å². The summed E-state index contributed by atoms with van der Waals surface area (Å²) in [5.41, 5.74) is -0.454. The van der Waals surface area contributed by atoms with Gasteiger partial charge in [0.1, 0.15) is 23.2 Å². The first-order valence-electron chi connectivity index (χ1n) is 9.63.